The predicted octanol–water partition coefficient (Wildman–Crippen LogP) is 1.30. The second-order valence-electron chi connectivity index (χ2n) is 7.54. The third-order valence-corrected chi connectivity index (χ3v) is 4.91. The second-order valence-corrected chi connectivity index (χ2v) is 7.54. The van der Waals surface area contributed by atoms with Gasteiger partial charge in [-0.05, 0) is 18.9 Å². The maximum absolute atomic E-state index is 12.8. The number of anilines is 2. The first-order valence-corrected chi connectivity index (χ1v) is 10.3. The van der Waals surface area contributed by atoms with Gasteiger partial charge in [-0.2, -0.15) is 5.26 Å². The van der Waals surface area contributed by atoms with Gasteiger partial charge in [0.25, 0.3) is 6.43 Å². The van der Waals surface area contributed by atoms with Crippen LogP contribution in [0.3, 0.4) is 0 Å². The van der Waals surface area contributed by atoms with E-state index in [1.54, 1.807) is 6.07 Å². The standard InChI is InChI=1S/C21H23F2N7O3/c22-19(23)11-30(3-4-31)10-15(12-32)28-16-5-14(7-25-17(16)6-24)18-8-27-20(9-26-18)29-21(33)13-1-2-13/h5,7-9,12-13,15,19,28,31H,1-4,10-11H2,(H,27,29,33). The lowest BCUT2D eigenvalue weighted by molar-refractivity contribution is -0.117. The van der Waals surface area contributed by atoms with Crippen molar-refractivity contribution in [3.63, 3.8) is 0 Å². The van der Waals surface area contributed by atoms with Crippen molar-refractivity contribution in [3.05, 3.63) is 30.4 Å². The van der Waals surface area contributed by atoms with Crippen LogP contribution < -0.4 is 10.6 Å². The van der Waals surface area contributed by atoms with Crippen molar-refractivity contribution >= 4 is 23.7 Å². The van der Waals surface area contributed by atoms with Gasteiger partial charge >= 0.3 is 0 Å². The molecule has 10 nitrogen and oxygen atoms in total. The number of carbonyl (C=O) groups is 2. The van der Waals surface area contributed by atoms with E-state index in [0.29, 0.717) is 23.4 Å². The highest BCUT2D eigenvalue weighted by molar-refractivity contribution is 5.93. The van der Waals surface area contributed by atoms with Crippen LogP contribution >= 0.6 is 0 Å². The van der Waals surface area contributed by atoms with Gasteiger partial charge in [0.2, 0.25) is 5.91 Å². The Morgan fingerprint density at radius 2 is 2.06 bits per heavy atom. The average Bonchev–Trinajstić information content (AvgIpc) is 3.64. The molecule has 1 fully saturated rings. The molecular weight excluding hydrogens is 436 g/mol. The second kappa shape index (κ2) is 11.3. The smallest absolute Gasteiger partial charge is 0.251 e. The molecule has 3 N–H and O–H groups in total. The molecule has 1 aliphatic rings. The van der Waals surface area contributed by atoms with E-state index in [2.05, 4.69) is 25.6 Å². The summed E-state index contributed by atoms with van der Waals surface area (Å²) in [5.41, 5.74) is 1.14. The maximum atomic E-state index is 12.8. The lowest BCUT2D eigenvalue weighted by Crippen LogP contribution is -2.41. The monoisotopic (exact) mass is 459 g/mol. The van der Waals surface area contributed by atoms with Crippen molar-refractivity contribution in [3.8, 4) is 17.3 Å². The molecule has 2 aromatic heterocycles. The minimum absolute atomic E-state index is 0.00874. The molecule has 1 unspecified atom stereocenters. The van der Waals surface area contributed by atoms with E-state index in [1.807, 2.05) is 6.07 Å². The van der Waals surface area contributed by atoms with Crippen LogP contribution in [0, 0.1) is 17.2 Å². The van der Waals surface area contributed by atoms with Crippen LogP contribution in [0.25, 0.3) is 11.3 Å². The Bertz CT molecular complexity index is 1010. The van der Waals surface area contributed by atoms with Crippen molar-refractivity contribution in [1.29, 1.82) is 5.26 Å². The highest BCUT2D eigenvalue weighted by Crippen LogP contribution is 2.30. The minimum atomic E-state index is -2.63. The lowest BCUT2D eigenvalue weighted by Gasteiger charge is -2.25. The molecule has 0 saturated heterocycles. The number of nitrogens with zero attached hydrogens (tertiary/aromatic N) is 5. The molecule has 1 atom stereocenters. The summed E-state index contributed by atoms with van der Waals surface area (Å²) in [6.45, 7) is -1.07. The van der Waals surface area contributed by atoms with E-state index in [9.17, 15) is 23.6 Å². The molecule has 0 spiro atoms. The van der Waals surface area contributed by atoms with Crippen molar-refractivity contribution in [2.24, 2.45) is 5.92 Å². The summed E-state index contributed by atoms with van der Waals surface area (Å²) in [6.07, 6.45) is 3.92. The molecule has 33 heavy (non-hydrogen) atoms. The molecule has 1 aliphatic carbocycles. The summed E-state index contributed by atoms with van der Waals surface area (Å²) in [6, 6.07) is 2.54. The highest BCUT2D eigenvalue weighted by Gasteiger charge is 2.29. The number of aliphatic hydroxyl groups excluding tert-OH is 1. The zero-order chi connectivity index (χ0) is 23.8. The predicted molar refractivity (Wildman–Crippen MR) is 114 cm³/mol. The summed E-state index contributed by atoms with van der Waals surface area (Å²) < 4.78 is 25.5. The Morgan fingerprint density at radius 1 is 1.27 bits per heavy atom. The number of rotatable bonds is 12. The lowest BCUT2D eigenvalue weighted by atomic mass is 10.1. The molecule has 174 valence electrons. The number of halogens is 2. The number of aldehydes is 1. The molecule has 3 rings (SSSR count). The van der Waals surface area contributed by atoms with Gasteiger partial charge in [-0.15, -0.1) is 0 Å². The number of aliphatic hydroxyl groups is 1. The van der Waals surface area contributed by atoms with Crippen molar-refractivity contribution in [2.75, 3.05) is 36.9 Å². The first-order chi connectivity index (χ1) is 15.9. The number of alkyl halides is 2. The number of carbonyl (C=O) groups excluding carboxylic acids is 2. The zero-order valence-corrected chi connectivity index (χ0v) is 17.6. The van der Waals surface area contributed by atoms with Gasteiger partial charge in [0.15, 0.2) is 11.5 Å². The van der Waals surface area contributed by atoms with Crippen LogP contribution in [0.5, 0.6) is 0 Å². The topological polar surface area (TPSA) is 144 Å². The molecule has 1 amide bonds. The number of nitrogens with one attached hydrogen (secondary N) is 2. The van der Waals surface area contributed by atoms with Crippen molar-refractivity contribution in [2.45, 2.75) is 25.3 Å². The number of pyridine rings is 1. The van der Waals surface area contributed by atoms with Crippen LogP contribution in [0.2, 0.25) is 0 Å². The third-order valence-electron chi connectivity index (χ3n) is 4.91. The van der Waals surface area contributed by atoms with E-state index in [4.69, 9.17) is 5.11 Å². The minimum Gasteiger partial charge on any atom is -0.395 e. The van der Waals surface area contributed by atoms with Crippen molar-refractivity contribution in [1.82, 2.24) is 19.9 Å². The molecular formula is C21H23F2N7O3. The molecule has 2 heterocycles. The molecule has 0 radical (unpaired) electrons. The molecule has 0 aliphatic heterocycles. The summed E-state index contributed by atoms with van der Waals surface area (Å²) in [5, 5.41) is 24.0. The molecule has 1 saturated carbocycles. The first-order valence-electron chi connectivity index (χ1n) is 10.3. The third kappa shape index (κ3) is 6.96. The highest BCUT2D eigenvalue weighted by atomic mass is 19.3. The number of hydrogen-bond donors (Lipinski definition) is 3. The van der Waals surface area contributed by atoms with E-state index < -0.39 is 19.0 Å². The molecule has 0 aromatic carbocycles. The quantitative estimate of drug-likeness (QED) is 0.400. The Morgan fingerprint density at radius 3 is 2.64 bits per heavy atom. The fraction of sp³-hybridized carbons (Fsp3) is 0.429. The van der Waals surface area contributed by atoms with Gasteiger partial charge in [0.1, 0.15) is 12.4 Å². The van der Waals surface area contributed by atoms with Crippen molar-refractivity contribution < 1.29 is 23.5 Å². The van der Waals surface area contributed by atoms with Crippen LogP contribution in [0.4, 0.5) is 20.3 Å². The van der Waals surface area contributed by atoms with Crippen LogP contribution in [-0.2, 0) is 9.59 Å². The zero-order valence-electron chi connectivity index (χ0n) is 17.6. The molecule has 12 heteroatoms. The van der Waals surface area contributed by atoms with Gasteiger partial charge in [-0.3, -0.25) is 14.7 Å². The van der Waals surface area contributed by atoms with Gasteiger partial charge in [-0.25, -0.2) is 18.7 Å². The molecule has 0 bridgehead atoms. The van der Waals surface area contributed by atoms with Gasteiger partial charge in [-0.1, -0.05) is 0 Å². The van der Waals surface area contributed by atoms with E-state index in [1.165, 1.54) is 23.5 Å². The van der Waals surface area contributed by atoms with Gasteiger partial charge in [0, 0.05) is 30.8 Å². The summed E-state index contributed by atoms with van der Waals surface area (Å²) in [5.74, 6) is 0.257. The Labute approximate surface area is 188 Å². The van der Waals surface area contributed by atoms with Crippen LogP contribution in [0.1, 0.15) is 18.5 Å². The Hall–Kier alpha value is -3.56. The number of aromatic nitrogens is 3. The number of amides is 1. The van der Waals surface area contributed by atoms with E-state index >= 15 is 0 Å². The summed E-state index contributed by atoms with van der Waals surface area (Å²) >= 11 is 0. The van der Waals surface area contributed by atoms with Crippen LogP contribution in [0.15, 0.2) is 24.7 Å². The number of hydrogen-bond acceptors (Lipinski definition) is 9. The van der Waals surface area contributed by atoms with Gasteiger partial charge < -0.3 is 20.5 Å². The van der Waals surface area contributed by atoms with E-state index in [0.717, 1.165) is 12.8 Å². The van der Waals surface area contributed by atoms with Crippen LogP contribution in [-0.4, -0.2) is 75.9 Å². The molecule has 2 aromatic rings. The number of nitriles is 1. The Kier molecular flexibility index (Phi) is 8.28. The normalized spacial score (nSPS) is 14.1. The Balaban J connectivity index is 1.74. The maximum Gasteiger partial charge on any atom is 0.251 e. The summed E-state index contributed by atoms with van der Waals surface area (Å²) in [4.78, 5) is 37.2. The fourth-order valence-corrected chi connectivity index (χ4v) is 3.11. The van der Waals surface area contributed by atoms with Gasteiger partial charge in [0.05, 0.1) is 43.0 Å². The average molecular weight is 459 g/mol. The largest absolute Gasteiger partial charge is 0.395 e. The fourth-order valence-electron chi connectivity index (χ4n) is 3.11. The summed E-state index contributed by atoms with van der Waals surface area (Å²) in [7, 11) is 0. The first kappa shape index (κ1) is 24.1. The SMILES string of the molecule is N#Cc1ncc(-c2cnc(NC(=O)C3CC3)cn2)cc1NC(C=O)CN(CCO)CC(F)F. The van der Waals surface area contributed by atoms with E-state index in [-0.39, 0.29) is 42.9 Å².